The van der Waals surface area contributed by atoms with Gasteiger partial charge in [-0.2, -0.15) is 0 Å². The number of phenols is 2. The minimum Gasteiger partial charge on any atom is -0.507 e. The van der Waals surface area contributed by atoms with Crippen molar-refractivity contribution in [3.8, 4) is 11.5 Å². The van der Waals surface area contributed by atoms with Gasteiger partial charge in [-0.1, -0.05) is 23.5 Å². The predicted molar refractivity (Wildman–Crippen MR) is 99.8 cm³/mol. The van der Waals surface area contributed by atoms with Gasteiger partial charge in [0.15, 0.2) is 0 Å². The van der Waals surface area contributed by atoms with Gasteiger partial charge in [-0.05, 0) is 32.9 Å². The Labute approximate surface area is 155 Å². The number of benzene rings is 1. The van der Waals surface area contributed by atoms with Crippen LogP contribution < -0.4 is 0 Å². The number of hydrogen-bond acceptors (Lipinski definition) is 6. The summed E-state index contributed by atoms with van der Waals surface area (Å²) in [5.74, 6) is -0.657. The molecule has 0 saturated heterocycles. The molecule has 0 spiro atoms. The van der Waals surface area contributed by atoms with Gasteiger partial charge in [0.05, 0.1) is 14.0 Å². The third-order valence-corrected chi connectivity index (χ3v) is 6.61. The van der Waals surface area contributed by atoms with Crippen molar-refractivity contribution in [3.05, 3.63) is 21.9 Å². The zero-order valence-corrected chi connectivity index (χ0v) is 16.3. The highest BCUT2D eigenvalue weighted by molar-refractivity contribution is 8.25. The highest BCUT2D eigenvalue weighted by Crippen LogP contribution is 2.58. The Kier molecular flexibility index (Phi) is 6.29. The summed E-state index contributed by atoms with van der Waals surface area (Å²) in [5, 5.41) is 20.1. The van der Waals surface area contributed by atoms with E-state index in [0.717, 1.165) is 23.5 Å². The molecular formula is C17H22N2O4S2. The zero-order valence-electron chi connectivity index (χ0n) is 14.7. The molecule has 2 rings (SSSR count). The van der Waals surface area contributed by atoms with E-state index >= 15 is 0 Å². The number of amides is 2. The maximum Gasteiger partial charge on any atom is 0.261 e. The molecule has 0 aliphatic carbocycles. The van der Waals surface area contributed by atoms with Crippen LogP contribution in [-0.4, -0.2) is 58.5 Å². The minimum absolute atomic E-state index is 0.0197. The molecule has 0 aromatic heterocycles. The first kappa shape index (κ1) is 19.5. The van der Waals surface area contributed by atoms with Gasteiger partial charge in [-0.25, -0.2) is 0 Å². The highest BCUT2D eigenvalue weighted by atomic mass is 32.2. The third kappa shape index (κ3) is 3.74. The van der Waals surface area contributed by atoms with E-state index in [-0.39, 0.29) is 28.9 Å². The van der Waals surface area contributed by atoms with Gasteiger partial charge >= 0.3 is 0 Å². The molecule has 2 N–H and O–H groups in total. The van der Waals surface area contributed by atoms with Crippen molar-refractivity contribution in [2.45, 2.75) is 30.6 Å². The largest absolute Gasteiger partial charge is 0.507 e. The van der Waals surface area contributed by atoms with Crippen LogP contribution in [0.15, 0.2) is 31.7 Å². The van der Waals surface area contributed by atoms with Gasteiger partial charge in [0.2, 0.25) is 0 Å². The number of carbonyl (C=O) groups excluding carboxylic acids is 2. The van der Waals surface area contributed by atoms with Crippen LogP contribution in [0.1, 0.15) is 20.8 Å². The Balaban J connectivity index is 2.55. The van der Waals surface area contributed by atoms with Crippen LogP contribution in [0.4, 0.5) is 0 Å². The number of aromatic hydroxyl groups is 2. The second-order valence-corrected chi connectivity index (χ2v) is 7.73. The first-order chi connectivity index (χ1) is 11.8. The number of hydrogen-bond donors (Lipinski definition) is 2. The molecule has 0 radical (unpaired) electrons. The number of nitrogens with zero attached hydrogens (tertiary/aromatic N) is 2. The van der Waals surface area contributed by atoms with E-state index in [1.165, 1.54) is 17.0 Å². The summed E-state index contributed by atoms with van der Waals surface area (Å²) >= 11 is 2.29. The second kappa shape index (κ2) is 8.05. The van der Waals surface area contributed by atoms with E-state index < -0.39 is 0 Å². The first-order valence-electron chi connectivity index (χ1n) is 8.05. The van der Waals surface area contributed by atoms with Crippen LogP contribution in [0.2, 0.25) is 0 Å². The SMILES string of the molecule is CCN(C)C(=O)C(C(=O)N(CC)CC)=C1Sc2c(O)ccc(O)c2S1. The Morgan fingerprint density at radius 2 is 1.40 bits per heavy atom. The lowest BCUT2D eigenvalue weighted by Crippen LogP contribution is -2.39. The number of carbonyl (C=O) groups is 2. The topological polar surface area (TPSA) is 81.1 Å². The van der Waals surface area contributed by atoms with Crippen LogP contribution in [0, 0.1) is 0 Å². The van der Waals surface area contributed by atoms with Crippen LogP contribution in [0.5, 0.6) is 11.5 Å². The van der Waals surface area contributed by atoms with Crippen LogP contribution in [-0.2, 0) is 9.59 Å². The Morgan fingerprint density at radius 1 is 0.920 bits per heavy atom. The fourth-order valence-corrected chi connectivity index (χ4v) is 4.90. The van der Waals surface area contributed by atoms with E-state index in [1.807, 2.05) is 20.8 Å². The predicted octanol–water partition coefficient (Wildman–Crippen LogP) is 2.85. The number of fused-ring (bicyclic) bond motifs is 1. The van der Waals surface area contributed by atoms with Gasteiger partial charge in [0.1, 0.15) is 17.1 Å². The number of rotatable bonds is 5. The quantitative estimate of drug-likeness (QED) is 0.353. The number of phenolic OH excluding ortho intramolecular Hbond substituents is 2. The molecule has 1 aromatic carbocycles. The lowest BCUT2D eigenvalue weighted by atomic mass is 10.2. The van der Waals surface area contributed by atoms with Crippen molar-refractivity contribution in [2.24, 2.45) is 0 Å². The Morgan fingerprint density at radius 3 is 1.80 bits per heavy atom. The van der Waals surface area contributed by atoms with Crippen LogP contribution >= 0.6 is 23.5 Å². The molecule has 2 amide bonds. The highest BCUT2D eigenvalue weighted by Gasteiger charge is 2.34. The van der Waals surface area contributed by atoms with Crippen molar-refractivity contribution in [2.75, 3.05) is 26.7 Å². The van der Waals surface area contributed by atoms with Crippen LogP contribution in [0.25, 0.3) is 0 Å². The summed E-state index contributed by atoms with van der Waals surface area (Å²) in [6.45, 7) is 7.02. The van der Waals surface area contributed by atoms with E-state index in [0.29, 0.717) is 33.7 Å². The number of thioether (sulfide) groups is 2. The van der Waals surface area contributed by atoms with Crippen molar-refractivity contribution in [1.29, 1.82) is 0 Å². The third-order valence-electron chi connectivity index (χ3n) is 3.96. The lowest BCUT2D eigenvalue weighted by Gasteiger charge is -2.23. The van der Waals surface area contributed by atoms with Crippen molar-refractivity contribution in [3.63, 3.8) is 0 Å². The average molecular weight is 383 g/mol. The molecule has 1 aromatic rings. The molecule has 136 valence electrons. The molecule has 1 aliphatic rings. The summed E-state index contributed by atoms with van der Waals surface area (Å²) in [6.07, 6.45) is 0. The molecular weight excluding hydrogens is 360 g/mol. The van der Waals surface area contributed by atoms with E-state index in [4.69, 9.17) is 0 Å². The minimum atomic E-state index is -0.360. The monoisotopic (exact) mass is 382 g/mol. The van der Waals surface area contributed by atoms with E-state index in [2.05, 4.69) is 0 Å². The van der Waals surface area contributed by atoms with Gasteiger partial charge < -0.3 is 20.0 Å². The fourth-order valence-electron chi connectivity index (χ4n) is 2.32. The molecule has 0 atom stereocenters. The smallest absolute Gasteiger partial charge is 0.261 e. The summed E-state index contributed by atoms with van der Waals surface area (Å²) in [6, 6.07) is 2.80. The van der Waals surface area contributed by atoms with Gasteiger partial charge in [0.25, 0.3) is 11.8 Å². The molecule has 8 heteroatoms. The first-order valence-corrected chi connectivity index (χ1v) is 9.68. The standard InChI is InChI=1S/C17H22N2O4S2/c1-5-18(4)15(22)12(16(23)19(6-2)7-3)17-24-13-10(20)8-9-11(21)14(13)25-17/h8-9,20-21H,5-7H2,1-4H3. The zero-order chi connectivity index (χ0) is 18.7. The van der Waals surface area contributed by atoms with Crippen molar-refractivity contribution < 1.29 is 19.8 Å². The van der Waals surface area contributed by atoms with Crippen LogP contribution in [0.3, 0.4) is 0 Å². The summed E-state index contributed by atoms with van der Waals surface area (Å²) in [7, 11) is 1.64. The normalized spacial score (nSPS) is 12.7. The molecule has 25 heavy (non-hydrogen) atoms. The van der Waals surface area contributed by atoms with Gasteiger partial charge in [0, 0.05) is 26.7 Å². The molecule has 1 heterocycles. The molecule has 0 fully saturated rings. The lowest BCUT2D eigenvalue weighted by molar-refractivity contribution is -0.133. The molecule has 1 aliphatic heterocycles. The molecule has 0 bridgehead atoms. The summed E-state index contributed by atoms with van der Waals surface area (Å²) in [4.78, 5) is 29.8. The maximum absolute atomic E-state index is 12.9. The molecule has 0 unspecified atom stereocenters. The summed E-state index contributed by atoms with van der Waals surface area (Å²) < 4.78 is 0.481. The van der Waals surface area contributed by atoms with Gasteiger partial charge in [-0.15, -0.1) is 0 Å². The fraction of sp³-hybridized carbons (Fsp3) is 0.412. The molecule has 0 saturated carbocycles. The van der Waals surface area contributed by atoms with Crippen molar-refractivity contribution in [1.82, 2.24) is 9.80 Å². The second-order valence-electron chi connectivity index (χ2n) is 5.43. The maximum atomic E-state index is 12.9. The number of likely N-dealkylation sites (N-methyl/N-ethyl adjacent to an activating group) is 2. The van der Waals surface area contributed by atoms with E-state index in [1.54, 1.807) is 11.9 Å². The Hall–Kier alpha value is -1.80. The van der Waals surface area contributed by atoms with Gasteiger partial charge in [-0.3, -0.25) is 9.59 Å². The van der Waals surface area contributed by atoms with E-state index in [9.17, 15) is 19.8 Å². The summed E-state index contributed by atoms with van der Waals surface area (Å²) in [5.41, 5.74) is 0.0815. The van der Waals surface area contributed by atoms with Crippen molar-refractivity contribution >= 4 is 35.3 Å². The Bertz CT molecular complexity index is 697. The average Bonchev–Trinajstić information content (AvgIpc) is 3.04. The molecule has 6 nitrogen and oxygen atoms in total.